The van der Waals surface area contributed by atoms with E-state index in [0.29, 0.717) is 10.8 Å². The molecule has 0 fully saturated rings. The summed E-state index contributed by atoms with van der Waals surface area (Å²) in [6.45, 7) is 4.05. The molecule has 0 bridgehead atoms. The molecule has 17 heavy (non-hydrogen) atoms. The SMILES string of the molecule is CC(C)Oc1ccc(CNS(C)(=O)=O)cc1Cl. The Kier molecular flexibility index (Phi) is 4.80. The third-order valence-corrected chi connectivity index (χ3v) is 2.86. The molecule has 0 radical (unpaired) electrons. The summed E-state index contributed by atoms with van der Waals surface area (Å²) in [5.41, 5.74) is 0.788. The van der Waals surface area contributed by atoms with Crippen molar-refractivity contribution >= 4 is 21.6 Å². The van der Waals surface area contributed by atoms with Gasteiger partial charge in [0.05, 0.1) is 17.4 Å². The molecule has 0 saturated carbocycles. The van der Waals surface area contributed by atoms with E-state index in [1.165, 1.54) is 0 Å². The van der Waals surface area contributed by atoms with Crippen LogP contribution in [0.1, 0.15) is 19.4 Å². The van der Waals surface area contributed by atoms with Crippen LogP contribution in [0, 0.1) is 0 Å². The molecule has 0 aliphatic rings. The van der Waals surface area contributed by atoms with Crippen LogP contribution < -0.4 is 9.46 Å². The van der Waals surface area contributed by atoms with Crippen LogP contribution >= 0.6 is 11.6 Å². The normalized spacial score (nSPS) is 11.8. The fraction of sp³-hybridized carbons (Fsp3) is 0.455. The standard InChI is InChI=1S/C11H16ClNO3S/c1-8(2)16-11-5-4-9(6-10(11)12)7-13-17(3,14)15/h4-6,8,13H,7H2,1-3H3. The first-order valence-corrected chi connectivity index (χ1v) is 7.44. The largest absolute Gasteiger partial charge is 0.489 e. The molecule has 4 nitrogen and oxygen atoms in total. The van der Waals surface area contributed by atoms with Crippen molar-refractivity contribution in [2.75, 3.05) is 6.26 Å². The van der Waals surface area contributed by atoms with Gasteiger partial charge in [0, 0.05) is 6.54 Å². The van der Waals surface area contributed by atoms with E-state index < -0.39 is 10.0 Å². The van der Waals surface area contributed by atoms with E-state index in [1.807, 2.05) is 13.8 Å². The molecule has 1 aromatic rings. The minimum atomic E-state index is -3.19. The average molecular weight is 278 g/mol. The summed E-state index contributed by atoms with van der Waals surface area (Å²) in [4.78, 5) is 0. The molecule has 0 heterocycles. The zero-order valence-electron chi connectivity index (χ0n) is 10.0. The maximum atomic E-state index is 10.9. The molecule has 6 heteroatoms. The number of ether oxygens (including phenoxy) is 1. The van der Waals surface area contributed by atoms with Crippen LogP contribution in [0.2, 0.25) is 5.02 Å². The highest BCUT2D eigenvalue weighted by Crippen LogP contribution is 2.26. The van der Waals surface area contributed by atoms with E-state index >= 15 is 0 Å². The Morgan fingerprint density at radius 2 is 2.06 bits per heavy atom. The molecular formula is C11H16ClNO3S. The Morgan fingerprint density at radius 3 is 2.53 bits per heavy atom. The number of nitrogens with one attached hydrogen (secondary N) is 1. The van der Waals surface area contributed by atoms with Crippen molar-refractivity contribution in [1.82, 2.24) is 4.72 Å². The molecule has 1 rings (SSSR count). The van der Waals surface area contributed by atoms with Gasteiger partial charge in [-0.25, -0.2) is 13.1 Å². The highest BCUT2D eigenvalue weighted by atomic mass is 35.5. The molecular weight excluding hydrogens is 262 g/mol. The lowest BCUT2D eigenvalue weighted by Crippen LogP contribution is -2.21. The van der Waals surface area contributed by atoms with E-state index in [-0.39, 0.29) is 12.6 Å². The molecule has 0 unspecified atom stereocenters. The summed E-state index contributed by atoms with van der Waals surface area (Å²) < 4.78 is 29.7. The summed E-state index contributed by atoms with van der Waals surface area (Å²) in [5.74, 6) is 0.602. The maximum absolute atomic E-state index is 10.9. The predicted molar refractivity (Wildman–Crippen MR) is 68.9 cm³/mol. The number of rotatable bonds is 5. The van der Waals surface area contributed by atoms with Gasteiger partial charge in [0.25, 0.3) is 0 Å². The molecule has 96 valence electrons. The lowest BCUT2D eigenvalue weighted by Gasteiger charge is -2.12. The highest BCUT2D eigenvalue weighted by molar-refractivity contribution is 7.88. The van der Waals surface area contributed by atoms with Crippen LogP contribution in [-0.2, 0) is 16.6 Å². The molecule has 0 aliphatic heterocycles. The van der Waals surface area contributed by atoms with Gasteiger partial charge < -0.3 is 4.74 Å². The molecule has 1 N–H and O–H groups in total. The van der Waals surface area contributed by atoms with Crippen molar-refractivity contribution < 1.29 is 13.2 Å². The topological polar surface area (TPSA) is 55.4 Å². The van der Waals surface area contributed by atoms with Crippen molar-refractivity contribution in [2.24, 2.45) is 0 Å². The van der Waals surface area contributed by atoms with Gasteiger partial charge in [0.2, 0.25) is 10.0 Å². The average Bonchev–Trinajstić information content (AvgIpc) is 2.17. The van der Waals surface area contributed by atoms with Gasteiger partial charge >= 0.3 is 0 Å². The molecule has 0 saturated heterocycles. The fourth-order valence-electron chi connectivity index (χ4n) is 1.22. The Labute approximate surface area is 107 Å². The number of hydrogen-bond donors (Lipinski definition) is 1. The van der Waals surface area contributed by atoms with Crippen molar-refractivity contribution in [3.05, 3.63) is 28.8 Å². The van der Waals surface area contributed by atoms with Gasteiger partial charge in [-0.05, 0) is 31.5 Å². The molecule has 0 atom stereocenters. The van der Waals surface area contributed by atoms with Crippen LogP contribution in [0.4, 0.5) is 0 Å². The van der Waals surface area contributed by atoms with Crippen LogP contribution in [0.5, 0.6) is 5.75 Å². The van der Waals surface area contributed by atoms with E-state index in [0.717, 1.165) is 11.8 Å². The van der Waals surface area contributed by atoms with E-state index in [9.17, 15) is 8.42 Å². The first-order valence-electron chi connectivity index (χ1n) is 5.17. The smallest absolute Gasteiger partial charge is 0.209 e. The van der Waals surface area contributed by atoms with E-state index in [4.69, 9.17) is 16.3 Å². The van der Waals surface area contributed by atoms with Gasteiger partial charge in [-0.1, -0.05) is 17.7 Å². The summed E-state index contributed by atoms with van der Waals surface area (Å²) in [7, 11) is -3.19. The van der Waals surface area contributed by atoms with Crippen molar-refractivity contribution in [3.63, 3.8) is 0 Å². The zero-order chi connectivity index (χ0) is 13.1. The van der Waals surface area contributed by atoms with Gasteiger partial charge in [-0.2, -0.15) is 0 Å². The number of halogens is 1. The Hall–Kier alpha value is -0.780. The van der Waals surface area contributed by atoms with Crippen molar-refractivity contribution in [2.45, 2.75) is 26.5 Å². The lowest BCUT2D eigenvalue weighted by atomic mass is 10.2. The number of hydrogen-bond acceptors (Lipinski definition) is 3. The molecule has 0 aromatic heterocycles. The third kappa shape index (κ3) is 5.39. The van der Waals surface area contributed by atoms with Gasteiger partial charge in [0.15, 0.2) is 0 Å². The second kappa shape index (κ2) is 5.71. The minimum absolute atomic E-state index is 0.0486. The zero-order valence-corrected chi connectivity index (χ0v) is 11.6. The third-order valence-electron chi connectivity index (χ3n) is 1.90. The van der Waals surface area contributed by atoms with E-state index in [2.05, 4.69) is 4.72 Å². The molecule has 0 aliphatic carbocycles. The second-order valence-corrected chi connectivity index (χ2v) is 6.26. The second-order valence-electron chi connectivity index (χ2n) is 4.02. The minimum Gasteiger partial charge on any atom is -0.489 e. The fourth-order valence-corrected chi connectivity index (χ4v) is 1.89. The quantitative estimate of drug-likeness (QED) is 0.897. The molecule has 0 amide bonds. The van der Waals surface area contributed by atoms with Crippen LogP contribution in [0.25, 0.3) is 0 Å². The van der Waals surface area contributed by atoms with Gasteiger partial charge in [-0.3, -0.25) is 0 Å². The first kappa shape index (κ1) is 14.3. The first-order chi connectivity index (χ1) is 7.78. The number of sulfonamides is 1. The van der Waals surface area contributed by atoms with Crippen LogP contribution in [-0.4, -0.2) is 20.8 Å². The maximum Gasteiger partial charge on any atom is 0.209 e. The van der Waals surface area contributed by atoms with E-state index in [1.54, 1.807) is 18.2 Å². The summed E-state index contributed by atoms with van der Waals surface area (Å²) >= 11 is 6.02. The predicted octanol–water partition coefficient (Wildman–Crippen LogP) is 2.18. The van der Waals surface area contributed by atoms with Gasteiger partial charge in [0.1, 0.15) is 5.75 Å². The Morgan fingerprint density at radius 1 is 1.41 bits per heavy atom. The summed E-state index contributed by atoms with van der Waals surface area (Å²) in [5, 5.41) is 0.478. The summed E-state index contributed by atoms with van der Waals surface area (Å²) in [6, 6.07) is 5.21. The lowest BCUT2D eigenvalue weighted by molar-refractivity contribution is 0.242. The highest BCUT2D eigenvalue weighted by Gasteiger charge is 2.06. The van der Waals surface area contributed by atoms with Crippen LogP contribution in [0.3, 0.4) is 0 Å². The number of benzene rings is 1. The molecule has 0 spiro atoms. The van der Waals surface area contributed by atoms with Crippen LogP contribution in [0.15, 0.2) is 18.2 Å². The molecule has 1 aromatic carbocycles. The van der Waals surface area contributed by atoms with Crippen molar-refractivity contribution in [1.29, 1.82) is 0 Å². The Balaban J connectivity index is 2.75. The summed E-state index contributed by atoms with van der Waals surface area (Å²) in [6.07, 6.45) is 1.16. The monoisotopic (exact) mass is 277 g/mol. The van der Waals surface area contributed by atoms with Crippen molar-refractivity contribution in [3.8, 4) is 5.75 Å². The Bertz CT molecular complexity index is 485. The van der Waals surface area contributed by atoms with Gasteiger partial charge in [-0.15, -0.1) is 0 Å².